The Kier molecular flexibility index (Phi) is 44.8. The van der Waals surface area contributed by atoms with E-state index in [1.807, 2.05) is 6.07 Å². The summed E-state index contributed by atoms with van der Waals surface area (Å²) in [5, 5.41) is 77.6. The minimum Gasteiger partial charge on any atom is -0.508 e. The summed E-state index contributed by atoms with van der Waals surface area (Å²) in [6.45, 7) is 36.8. The maximum Gasteiger partial charge on any atom is 0.309 e. The molecular formula is C108H176O12. The molecule has 0 saturated heterocycles. The lowest BCUT2D eigenvalue weighted by Crippen LogP contribution is -2.14. The van der Waals surface area contributed by atoms with Gasteiger partial charge in [-0.2, -0.15) is 0 Å². The first-order chi connectivity index (χ1) is 56.5. The summed E-state index contributed by atoms with van der Waals surface area (Å²) >= 11 is 0. The summed E-state index contributed by atoms with van der Waals surface area (Å²) in [5.41, 5.74) is 16.4. The van der Waals surface area contributed by atoms with Crippen LogP contribution in [-0.4, -0.2) is 64.7 Å². The van der Waals surface area contributed by atoms with E-state index in [4.69, 9.17) is 0 Å². The molecule has 4 aromatic rings. The first kappa shape index (κ1) is 105. The van der Waals surface area contributed by atoms with Gasteiger partial charge in [-0.25, -0.2) is 0 Å². The molecule has 4 aliphatic rings. The van der Waals surface area contributed by atoms with E-state index in [2.05, 4.69) is 135 Å². The summed E-state index contributed by atoms with van der Waals surface area (Å²) in [6, 6.07) is 15.9. The Morgan fingerprint density at radius 1 is 0.267 bits per heavy atom. The van der Waals surface area contributed by atoms with Crippen LogP contribution in [0.2, 0.25) is 0 Å². The van der Waals surface area contributed by atoms with Crippen LogP contribution in [-0.2, 0) is 70.5 Å². The standard InChI is InChI=1S/2C28H46O2.2C26H42O4/c1-22-16-17-24(14-10-6-9-13-19-28(20-21-28)26(29)30)25(23(22)2)15-11-7-8-12-18-27(3,4)5;1-22-20-23(2)25(15-11-7-9-13-17-28(18-19-28)26(29)30)24(21-22)14-10-6-8-12-16-27(3,4)5;1-25(2,3)14-10-6-5-9-13-22-20(18-21(27)19-23(22)28)12-8-4-7-11-15-26(16-17-26)24(29)30;1-25(2,3)14-10-6-4-8-12-20-18-21(27)19-23(28)22(20)13-9-5-7-11-15-26(16-17-26)24(29)30/h16-17H,6-15,18-21H2,1-5H3,(H,29,30);20-21H,6-19H2,1-5H3,(H,29,30);2*18-19,27-28H,4-17H2,1-3H3,(H,29,30). The fourth-order valence-corrected chi connectivity index (χ4v) is 18.3. The largest absolute Gasteiger partial charge is 0.508 e. The van der Waals surface area contributed by atoms with Crippen LogP contribution in [0.1, 0.15) is 458 Å². The van der Waals surface area contributed by atoms with E-state index in [1.54, 1.807) is 28.3 Å². The summed E-state index contributed by atoms with van der Waals surface area (Å²) in [7, 11) is 0. The van der Waals surface area contributed by atoms with Gasteiger partial charge in [-0.15, -0.1) is 0 Å². The van der Waals surface area contributed by atoms with Crippen molar-refractivity contribution in [2.45, 2.75) is 470 Å². The van der Waals surface area contributed by atoms with E-state index in [-0.39, 0.29) is 33.8 Å². The number of carboxylic acids is 4. The molecule has 120 heavy (non-hydrogen) atoms. The van der Waals surface area contributed by atoms with Gasteiger partial charge < -0.3 is 40.9 Å². The van der Waals surface area contributed by atoms with Crippen molar-refractivity contribution >= 4 is 23.9 Å². The highest BCUT2D eigenvalue weighted by Crippen LogP contribution is 2.53. The quantitative estimate of drug-likeness (QED) is 0.0193. The molecule has 12 nitrogen and oxygen atoms in total. The fourth-order valence-electron chi connectivity index (χ4n) is 18.3. The monoisotopic (exact) mass is 1670 g/mol. The number of benzene rings is 4. The number of aromatic hydroxyl groups is 4. The molecule has 0 aromatic heterocycles. The van der Waals surface area contributed by atoms with Gasteiger partial charge in [0.2, 0.25) is 0 Å². The Balaban J connectivity index is 0.000000285. The Morgan fingerprint density at radius 2 is 0.508 bits per heavy atom. The number of hydrogen-bond donors (Lipinski definition) is 8. The third-order valence-electron chi connectivity index (χ3n) is 27.3. The van der Waals surface area contributed by atoms with Gasteiger partial charge in [-0.1, -0.05) is 267 Å². The molecule has 4 fully saturated rings. The Bertz CT molecular complexity index is 3560. The van der Waals surface area contributed by atoms with Crippen molar-refractivity contribution in [3.05, 3.63) is 115 Å². The lowest BCUT2D eigenvalue weighted by Gasteiger charge is -2.18. The number of aryl methyl sites for hydroxylation is 7. The van der Waals surface area contributed by atoms with Crippen molar-refractivity contribution in [2.75, 3.05) is 0 Å². The highest BCUT2D eigenvalue weighted by Gasteiger charge is 2.51. The molecule has 0 amide bonds. The normalized spacial score (nSPS) is 15.3. The second-order valence-electron chi connectivity index (χ2n) is 43.5. The second-order valence-corrected chi connectivity index (χ2v) is 43.5. The molecule has 4 aromatic carbocycles. The van der Waals surface area contributed by atoms with Crippen molar-refractivity contribution in [1.82, 2.24) is 0 Å². The van der Waals surface area contributed by atoms with E-state index in [1.165, 1.54) is 214 Å². The number of carboxylic acid groups (broad SMARTS) is 4. The van der Waals surface area contributed by atoms with Gasteiger partial charge in [0.15, 0.2) is 0 Å². The zero-order chi connectivity index (χ0) is 88.8. The smallest absolute Gasteiger partial charge is 0.309 e. The summed E-state index contributed by atoms with van der Waals surface area (Å²) in [4.78, 5) is 45.0. The minimum atomic E-state index is -0.625. The minimum absolute atomic E-state index is 0.133. The molecule has 0 spiro atoms. The molecule has 8 N–H and O–H groups in total. The molecule has 4 saturated carbocycles. The van der Waals surface area contributed by atoms with Crippen LogP contribution in [0.15, 0.2) is 48.5 Å². The number of hydrogen-bond acceptors (Lipinski definition) is 8. The van der Waals surface area contributed by atoms with Crippen molar-refractivity contribution in [3.63, 3.8) is 0 Å². The molecule has 0 atom stereocenters. The second kappa shape index (κ2) is 51.4. The maximum absolute atomic E-state index is 11.3. The molecule has 8 rings (SSSR count). The lowest BCUT2D eigenvalue weighted by molar-refractivity contribution is -0.144. The van der Waals surface area contributed by atoms with Crippen LogP contribution in [0.3, 0.4) is 0 Å². The summed E-state index contributed by atoms with van der Waals surface area (Å²) in [6.07, 6.45) is 61.3. The first-order valence-corrected chi connectivity index (χ1v) is 48.7. The molecule has 0 heterocycles. The number of carbonyl (C=O) groups is 4. The highest BCUT2D eigenvalue weighted by atomic mass is 16.4. The third kappa shape index (κ3) is 41.2. The zero-order valence-electron chi connectivity index (χ0n) is 79.4. The number of unbranched alkanes of at least 4 members (excludes halogenated alkanes) is 24. The predicted octanol–water partition coefficient (Wildman–Crippen LogP) is 30.4. The Hall–Kier alpha value is -6.04. The number of phenols is 4. The van der Waals surface area contributed by atoms with Gasteiger partial charge >= 0.3 is 23.9 Å². The maximum atomic E-state index is 11.3. The number of aliphatic carboxylic acids is 4. The van der Waals surface area contributed by atoms with Crippen molar-refractivity contribution < 1.29 is 60.0 Å². The van der Waals surface area contributed by atoms with Gasteiger partial charge in [0.05, 0.1) is 21.7 Å². The van der Waals surface area contributed by atoms with Crippen LogP contribution in [0.4, 0.5) is 0 Å². The van der Waals surface area contributed by atoms with Crippen molar-refractivity contribution in [3.8, 4) is 23.0 Å². The molecule has 680 valence electrons. The topological polar surface area (TPSA) is 230 Å². The highest BCUT2D eigenvalue weighted by molar-refractivity contribution is 5.79. The molecule has 0 radical (unpaired) electrons. The van der Waals surface area contributed by atoms with Crippen LogP contribution >= 0.6 is 0 Å². The zero-order valence-corrected chi connectivity index (χ0v) is 79.4. The fraction of sp³-hybridized carbons (Fsp3) is 0.741. The summed E-state index contributed by atoms with van der Waals surface area (Å²) < 4.78 is 0. The number of rotatable bonds is 56. The SMILES string of the molecule is CC(C)(C)CCCCCCc1c(O)cc(O)cc1CCCCCCC1(C(=O)O)CC1.CC(C)(C)CCCCCCc1cc(O)cc(O)c1CCCCCCC1(C(=O)O)CC1.Cc1cc(C)c(CCCCCCC2(C(=O)O)CC2)c(CCCCCCC(C)(C)C)c1.Cc1ccc(CCCCCCC2(C(=O)O)CC2)c(CCCCCCC(C)(C)C)c1C. The van der Waals surface area contributed by atoms with Crippen LogP contribution in [0.25, 0.3) is 0 Å². The van der Waals surface area contributed by atoms with E-state index in [0.717, 1.165) is 202 Å². The van der Waals surface area contributed by atoms with E-state index in [0.29, 0.717) is 21.7 Å². The van der Waals surface area contributed by atoms with Gasteiger partial charge in [0.25, 0.3) is 0 Å². The molecule has 0 unspecified atom stereocenters. The summed E-state index contributed by atoms with van der Waals surface area (Å²) in [5.74, 6) is -1.69. The average Bonchev–Trinajstić information content (AvgIpc) is 1.67. The van der Waals surface area contributed by atoms with E-state index < -0.39 is 34.7 Å². The van der Waals surface area contributed by atoms with Gasteiger partial charge in [-0.3, -0.25) is 19.2 Å². The van der Waals surface area contributed by atoms with Gasteiger partial charge in [0.1, 0.15) is 23.0 Å². The predicted molar refractivity (Wildman–Crippen MR) is 501 cm³/mol. The van der Waals surface area contributed by atoms with Crippen molar-refractivity contribution in [2.24, 2.45) is 43.3 Å². The molecule has 0 aliphatic heterocycles. The van der Waals surface area contributed by atoms with Crippen LogP contribution in [0.5, 0.6) is 23.0 Å². The first-order valence-electron chi connectivity index (χ1n) is 48.7. The molecule has 4 aliphatic carbocycles. The average molecular weight is 1670 g/mol. The van der Waals surface area contributed by atoms with Crippen LogP contribution < -0.4 is 0 Å². The Morgan fingerprint density at radius 3 is 0.783 bits per heavy atom. The van der Waals surface area contributed by atoms with E-state index in [9.17, 15) is 60.0 Å². The van der Waals surface area contributed by atoms with Crippen LogP contribution in [0, 0.1) is 71.0 Å². The van der Waals surface area contributed by atoms with Crippen molar-refractivity contribution in [1.29, 1.82) is 0 Å². The lowest BCUT2D eigenvalue weighted by atomic mass is 9.88. The van der Waals surface area contributed by atoms with Gasteiger partial charge in [0, 0.05) is 12.1 Å². The van der Waals surface area contributed by atoms with E-state index >= 15 is 0 Å². The molecular weight excluding hydrogens is 1490 g/mol. The third-order valence-corrected chi connectivity index (χ3v) is 27.3. The molecule has 0 bridgehead atoms. The molecule has 12 heteroatoms. The Labute approximate surface area is 731 Å². The van der Waals surface area contributed by atoms with Gasteiger partial charge in [-0.05, 0) is 328 Å². The number of phenolic OH excluding ortho intramolecular Hbond substituents is 4.